The first kappa shape index (κ1) is 29.2. The minimum absolute atomic E-state index is 0.0352. The fourth-order valence-electron chi connectivity index (χ4n) is 5.75. The van der Waals surface area contributed by atoms with E-state index in [2.05, 4.69) is 22.1 Å². The molecule has 2 N–H and O–H groups in total. The predicted octanol–water partition coefficient (Wildman–Crippen LogP) is 4.65. The summed E-state index contributed by atoms with van der Waals surface area (Å²) in [5.74, 6) is 1.03. The summed E-state index contributed by atoms with van der Waals surface area (Å²) in [4.78, 5) is 29.9. The minimum atomic E-state index is -3.98. The molecular weight excluding hydrogens is 542 g/mol. The van der Waals surface area contributed by atoms with E-state index in [1.807, 2.05) is 36.1 Å². The van der Waals surface area contributed by atoms with Crippen LogP contribution in [0.1, 0.15) is 76.8 Å². The van der Waals surface area contributed by atoms with Gasteiger partial charge < -0.3 is 4.74 Å². The molecule has 0 bridgehead atoms. The van der Waals surface area contributed by atoms with Gasteiger partial charge in [0.05, 0.1) is 18.0 Å². The average molecular weight is 582 g/mol. The second-order valence-corrected chi connectivity index (χ2v) is 12.4. The van der Waals surface area contributed by atoms with Crippen molar-refractivity contribution in [3.05, 3.63) is 53.6 Å². The monoisotopic (exact) mass is 581 g/mol. The van der Waals surface area contributed by atoms with Crippen molar-refractivity contribution in [3.63, 3.8) is 0 Å². The number of hydroxylamine groups is 1. The predicted molar refractivity (Wildman–Crippen MR) is 157 cm³/mol. The maximum Gasteiger partial charge on any atom is 0.264 e. The molecule has 220 valence electrons. The van der Waals surface area contributed by atoms with Gasteiger partial charge in [-0.2, -0.15) is 0 Å². The summed E-state index contributed by atoms with van der Waals surface area (Å²) in [6, 6.07) is 12.7. The fourth-order valence-corrected chi connectivity index (χ4v) is 6.93. The van der Waals surface area contributed by atoms with Gasteiger partial charge in [-0.15, -0.1) is 0 Å². The van der Waals surface area contributed by atoms with Gasteiger partial charge in [-0.05, 0) is 55.9 Å². The van der Waals surface area contributed by atoms with Crippen LogP contribution in [0.5, 0.6) is 0 Å². The number of nitrogens with one attached hydrogen (secondary N) is 2. The van der Waals surface area contributed by atoms with E-state index < -0.39 is 21.8 Å². The molecule has 41 heavy (non-hydrogen) atoms. The Bertz CT molecular complexity index is 1450. The molecule has 1 fully saturated rings. The molecule has 2 aliphatic heterocycles. The number of amidine groups is 1. The van der Waals surface area contributed by atoms with Crippen LogP contribution in [0.3, 0.4) is 0 Å². The van der Waals surface area contributed by atoms with Crippen molar-refractivity contribution >= 4 is 27.7 Å². The van der Waals surface area contributed by atoms with E-state index in [0.717, 1.165) is 67.5 Å². The van der Waals surface area contributed by atoms with Gasteiger partial charge in [0.25, 0.3) is 15.9 Å². The average Bonchev–Trinajstić information content (AvgIpc) is 3.67. The van der Waals surface area contributed by atoms with Crippen molar-refractivity contribution in [3.8, 4) is 11.1 Å². The lowest BCUT2D eigenvalue weighted by Crippen LogP contribution is -2.40. The Morgan fingerprint density at radius 3 is 2.63 bits per heavy atom. The molecule has 2 aromatic rings. The Labute approximate surface area is 242 Å². The van der Waals surface area contributed by atoms with E-state index >= 15 is 0 Å². The van der Waals surface area contributed by atoms with Gasteiger partial charge >= 0.3 is 0 Å². The number of aliphatic imine (C=N–C) groups is 2. The van der Waals surface area contributed by atoms with Crippen LogP contribution in [0.2, 0.25) is 0 Å². The molecule has 2 aromatic carbocycles. The number of rotatable bonds is 11. The summed E-state index contributed by atoms with van der Waals surface area (Å²) in [5, 5.41) is 0. The zero-order chi connectivity index (χ0) is 29.0. The Balaban J connectivity index is 1.47. The van der Waals surface area contributed by atoms with Crippen molar-refractivity contribution in [1.29, 1.82) is 0 Å². The molecule has 0 saturated heterocycles. The molecule has 11 heteroatoms. The van der Waals surface area contributed by atoms with Gasteiger partial charge in [0, 0.05) is 18.6 Å². The number of sulfonamides is 1. The highest BCUT2D eigenvalue weighted by molar-refractivity contribution is 7.90. The van der Waals surface area contributed by atoms with E-state index in [9.17, 15) is 13.2 Å². The molecule has 1 spiro atoms. The lowest BCUT2D eigenvalue weighted by molar-refractivity contribution is -0.131. The molecule has 1 aliphatic carbocycles. The molecule has 0 radical (unpaired) electrons. The van der Waals surface area contributed by atoms with Gasteiger partial charge in [0.15, 0.2) is 6.23 Å². The number of guanidine groups is 1. The number of nitrogens with zero attached hydrogens (tertiary/aromatic N) is 3. The van der Waals surface area contributed by atoms with Crippen molar-refractivity contribution < 1.29 is 22.8 Å². The van der Waals surface area contributed by atoms with E-state index in [0.29, 0.717) is 25.3 Å². The highest BCUT2D eigenvalue weighted by Gasteiger charge is 2.49. The number of benzene rings is 2. The Morgan fingerprint density at radius 1 is 1.15 bits per heavy atom. The fraction of sp³-hybridized carbons (Fsp3) is 0.500. The van der Waals surface area contributed by atoms with Crippen LogP contribution in [0, 0.1) is 0 Å². The quantitative estimate of drug-likeness (QED) is 0.399. The molecule has 3 aliphatic rings. The number of carbonyl (C=O) groups is 1. The molecule has 0 aromatic heterocycles. The highest BCUT2D eigenvalue weighted by Crippen LogP contribution is 2.40. The Morgan fingerprint density at radius 2 is 1.93 bits per heavy atom. The van der Waals surface area contributed by atoms with Crippen LogP contribution in [0.25, 0.3) is 11.1 Å². The Kier molecular flexibility index (Phi) is 8.77. The van der Waals surface area contributed by atoms with Gasteiger partial charge in [0.2, 0.25) is 5.96 Å². The number of amides is 1. The smallest absolute Gasteiger partial charge is 0.264 e. The maximum atomic E-state index is 13.7. The molecule has 5 rings (SSSR count). The van der Waals surface area contributed by atoms with Gasteiger partial charge in [-0.25, -0.2) is 28.4 Å². The normalized spacial score (nSPS) is 19.9. The van der Waals surface area contributed by atoms with E-state index in [4.69, 9.17) is 14.6 Å². The summed E-state index contributed by atoms with van der Waals surface area (Å²) in [7, 11) is -3.98. The molecular formula is C30H39N5O5S. The van der Waals surface area contributed by atoms with Gasteiger partial charge in [0.1, 0.15) is 11.4 Å². The van der Waals surface area contributed by atoms with Crippen LogP contribution < -0.4 is 10.2 Å². The largest absolute Gasteiger partial charge is 0.377 e. The minimum Gasteiger partial charge on any atom is -0.377 e. The van der Waals surface area contributed by atoms with E-state index in [1.54, 1.807) is 25.1 Å². The summed E-state index contributed by atoms with van der Waals surface area (Å²) in [6.07, 6.45) is 6.02. The highest BCUT2D eigenvalue weighted by atomic mass is 32.2. The third-order valence-corrected chi connectivity index (χ3v) is 9.19. The first-order chi connectivity index (χ1) is 19.8. The third-order valence-electron chi connectivity index (χ3n) is 7.79. The summed E-state index contributed by atoms with van der Waals surface area (Å²) >= 11 is 0. The number of ether oxygens (including phenoxy) is 1. The lowest BCUT2D eigenvalue weighted by atomic mass is 9.96. The van der Waals surface area contributed by atoms with Crippen molar-refractivity contribution in [2.24, 2.45) is 9.98 Å². The number of hydrogen-bond acceptors (Lipinski definition) is 8. The van der Waals surface area contributed by atoms with Crippen LogP contribution in [-0.2, 0) is 37.5 Å². The Hall–Kier alpha value is -3.28. The standard InChI is InChI=1S/C30H39N5O5S/c1-4-6-13-27-32-30(16-9-10-17-30)28(36)35(27)19-22-14-15-24(23(18-22)20-39-5-2)25-11-7-8-12-26(25)41(37,38)34-29-31-21(3)40-33-29/h7-8,11-12,14-15,18,21H,4-6,9-10,13,16-17,19-20H2,1-3H3,(H2,31,33,34). The zero-order valence-corrected chi connectivity index (χ0v) is 24.8. The molecule has 1 atom stereocenters. The van der Waals surface area contributed by atoms with Crippen LogP contribution in [0.4, 0.5) is 0 Å². The maximum absolute atomic E-state index is 13.7. The number of hydrogen-bond donors (Lipinski definition) is 2. The molecule has 1 unspecified atom stereocenters. The summed E-state index contributed by atoms with van der Waals surface area (Å²) in [5.41, 5.74) is 5.00. The second-order valence-electron chi connectivity index (χ2n) is 10.8. The van der Waals surface area contributed by atoms with Crippen LogP contribution in [0.15, 0.2) is 57.3 Å². The number of unbranched alkanes of at least 4 members (excludes halogenated alkanes) is 1. The van der Waals surface area contributed by atoms with Gasteiger partial charge in [-0.1, -0.05) is 62.6 Å². The lowest BCUT2D eigenvalue weighted by Gasteiger charge is -2.23. The van der Waals surface area contributed by atoms with Crippen LogP contribution in [-0.4, -0.2) is 49.4 Å². The van der Waals surface area contributed by atoms with E-state index in [-0.39, 0.29) is 16.8 Å². The zero-order valence-electron chi connectivity index (χ0n) is 24.0. The summed E-state index contributed by atoms with van der Waals surface area (Å²) < 4.78 is 35.1. The third kappa shape index (κ3) is 6.17. The first-order valence-electron chi connectivity index (χ1n) is 14.5. The van der Waals surface area contributed by atoms with Crippen LogP contribution >= 0.6 is 0 Å². The van der Waals surface area contributed by atoms with Gasteiger partial charge in [-0.3, -0.25) is 14.7 Å². The van der Waals surface area contributed by atoms with E-state index in [1.165, 1.54) is 0 Å². The van der Waals surface area contributed by atoms with Crippen molar-refractivity contribution in [2.75, 3.05) is 6.61 Å². The second kappa shape index (κ2) is 12.3. The summed E-state index contributed by atoms with van der Waals surface area (Å²) in [6.45, 7) is 7.00. The molecule has 10 nitrogen and oxygen atoms in total. The molecule has 1 amide bonds. The SMILES string of the molecule is CCCCC1=NC2(CCCC2)C(=O)N1Cc1ccc(-c2ccccc2S(=O)(=O)NC2=NC(C)ON2)c(COCC)c1. The topological polar surface area (TPSA) is 122 Å². The van der Waals surface area contributed by atoms with Crippen molar-refractivity contribution in [1.82, 2.24) is 15.1 Å². The van der Waals surface area contributed by atoms with Crippen molar-refractivity contribution in [2.45, 2.75) is 95.5 Å². The number of carbonyl (C=O) groups excluding carboxylic acids is 1. The molecule has 1 saturated carbocycles. The first-order valence-corrected chi connectivity index (χ1v) is 16.0. The molecule has 2 heterocycles.